The molecule has 2 fully saturated rings. The molecular formula is C16H22N2O. The van der Waals surface area contributed by atoms with E-state index in [4.69, 9.17) is 5.73 Å². The van der Waals surface area contributed by atoms with Crippen LogP contribution in [0, 0.1) is 13.8 Å². The Morgan fingerprint density at radius 3 is 2.37 bits per heavy atom. The molecule has 0 radical (unpaired) electrons. The average molecular weight is 258 g/mol. The molecule has 2 N–H and O–H groups in total. The summed E-state index contributed by atoms with van der Waals surface area (Å²) in [4.78, 5) is 14.8. The standard InChI is InChI=1S/C16H22N2O/c1-10-3-4-12(7-11(10)2)16(19)18-14-5-6-15(18)9-13(17)8-14/h3-4,7,13-15H,5-6,8-9,17H2,1-2H3. The van der Waals surface area contributed by atoms with Gasteiger partial charge in [0.2, 0.25) is 0 Å². The fraction of sp³-hybridized carbons (Fsp3) is 0.562. The molecule has 1 amide bonds. The maximum atomic E-state index is 12.7. The minimum atomic E-state index is 0.197. The number of rotatable bonds is 1. The van der Waals surface area contributed by atoms with Crippen LogP contribution in [-0.2, 0) is 0 Å². The minimum absolute atomic E-state index is 0.197. The normalized spacial score (nSPS) is 29.6. The number of nitrogens with zero attached hydrogens (tertiary/aromatic N) is 1. The Morgan fingerprint density at radius 2 is 1.79 bits per heavy atom. The van der Waals surface area contributed by atoms with E-state index >= 15 is 0 Å². The summed E-state index contributed by atoms with van der Waals surface area (Å²) < 4.78 is 0. The van der Waals surface area contributed by atoms with Gasteiger partial charge in [0.25, 0.3) is 5.91 Å². The molecule has 2 bridgehead atoms. The molecule has 2 aliphatic rings. The third-order valence-corrected chi connectivity index (χ3v) is 4.76. The smallest absolute Gasteiger partial charge is 0.254 e. The Bertz CT molecular complexity index is 497. The second kappa shape index (κ2) is 4.64. The maximum Gasteiger partial charge on any atom is 0.254 e. The van der Waals surface area contributed by atoms with E-state index in [0.717, 1.165) is 31.2 Å². The van der Waals surface area contributed by atoms with Crippen LogP contribution in [0.4, 0.5) is 0 Å². The maximum absolute atomic E-state index is 12.7. The molecule has 19 heavy (non-hydrogen) atoms. The van der Waals surface area contributed by atoms with Gasteiger partial charge in [0, 0.05) is 23.7 Å². The number of piperidine rings is 1. The monoisotopic (exact) mass is 258 g/mol. The van der Waals surface area contributed by atoms with Gasteiger partial charge in [-0.1, -0.05) is 6.07 Å². The number of fused-ring (bicyclic) bond motifs is 2. The quantitative estimate of drug-likeness (QED) is 0.840. The van der Waals surface area contributed by atoms with Gasteiger partial charge in [-0.05, 0) is 62.8 Å². The summed E-state index contributed by atoms with van der Waals surface area (Å²) >= 11 is 0. The van der Waals surface area contributed by atoms with Crippen molar-refractivity contribution in [3.63, 3.8) is 0 Å². The predicted molar refractivity (Wildman–Crippen MR) is 76.1 cm³/mol. The van der Waals surface area contributed by atoms with Crippen molar-refractivity contribution in [1.29, 1.82) is 0 Å². The summed E-state index contributed by atoms with van der Waals surface area (Å²) in [6.07, 6.45) is 4.17. The van der Waals surface area contributed by atoms with Gasteiger partial charge in [-0.15, -0.1) is 0 Å². The van der Waals surface area contributed by atoms with Gasteiger partial charge in [-0.3, -0.25) is 4.79 Å². The van der Waals surface area contributed by atoms with E-state index in [2.05, 4.69) is 18.7 Å². The first kappa shape index (κ1) is 12.7. The van der Waals surface area contributed by atoms with E-state index in [1.807, 2.05) is 18.2 Å². The first-order chi connectivity index (χ1) is 9.06. The zero-order valence-corrected chi connectivity index (χ0v) is 11.7. The fourth-order valence-electron chi connectivity index (χ4n) is 3.57. The highest BCUT2D eigenvalue weighted by Crippen LogP contribution is 2.36. The molecule has 3 nitrogen and oxygen atoms in total. The second-order valence-electron chi connectivity index (χ2n) is 6.13. The van der Waals surface area contributed by atoms with E-state index in [1.165, 1.54) is 11.1 Å². The average Bonchev–Trinajstić information content (AvgIpc) is 2.64. The number of hydrogen-bond acceptors (Lipinski definition) is 2. The van der Waals surface area contributed by atoms with Crippen molar-refractivity contribution < 1.29 is 4.79 Å². The lowest BCUT2D eigenvalue weighted by Crippen LogP contribution is -2.50. The van der Waals surface area contributed by atoms with Gasteiger partial charge >= 0.3 is 0 Å². The largest absolute Gasteiger partial charge is 0.333 e. The lowest BCUT2D eigenvalue weighted by Gasteiger charge is -2.37. The van der Waals surface area contributed by atoms with Crippen LogP contribution in [0.3, 0.4) is 0 Å². The predicted octanol–water partition coefficient (Wildman–Crippen LogP) is 2.40. The molecule has 2 heterocycles. The van der Waals surface area contributed by atoms with Crippen molar-refractivity contribution in [2.45, 2.75) is 57.7 Å². The van der Waals surface area contributed by atoms with Crippen LogP contribution >= 0.6 is 0 Å². The highest BCUT2D eigenvalue weighted by molar-refractivity contribution is 5.95. The zero-order valence-electron chi connectivity index (χ0n) is 11.7. The van der Waals surface area contributed by atoms with Crippen molar-refractivity contribution >= 4 is 5.91 Å². The third kappa shape index (κ3) is 2.16. The molecule has 2 aliphatic heterocycles. The van der Waals surface area contributed by atoms with Gasteiger partial charge in [-0.2, -0.15) is 0 Å². The van der Waals surface area contributed by atoms with Crippen LogP contribution in [0.2, 0.25) is 0 Å². The van der Waals surface area contributed by atoms with Crippen LogP contribution in [0.25, 0.3) is 0 Å². The Hall–Kier alpha value is -1.35. The van der Waals surface area contributed by atoms with Crippen molar-refractivity contribution in [2.24, 2.45) is 5.73 Å². The molecule has 2 saturated heterocycles. The molecule has 0 saturated carbocycles. The van der Waals surface area contributed by atoms with E-state index in [9.17, 15) is 4.79 Å². The Balaban J connectivity index is 1.86. The second-order valence-corrected chi connectivity index (χ2v) is 6.13. The topological polar surface area (TPSA) is 46.3 Å². The molecule has 3 heteroatoms. The number of nitrogens with two attached hydrogens (primary N) is 1. The van der Waals surface area contributed by atoms with E-state index in [1.54, 1.807) is 0 Å². The Labute approximate surface area is 114 Å². The van der Waals surface area contributed by atoms with E-state index in [0.29, 0.717) is 12.1 Å². The summed E-state index contributed by atoms with van der Waals surface area (Å²) in [5, 5.41) is 0. The molecule has 102 valence electrons. The number of carbonyl (C=O) groups is 1. The van der Waals surface area contributed by atoms with Crippen molar-refractivity contribution in [1.82, 2.24) is 4.90 Å². The molecule has 3 rings (SSSR count). The first-order valence-corrected chi connectivity index (χ1v) is 7.21. The highest BCUT2D eigenvalue weighted by Gasteiger charge is 2.42. The van der Waals surface area contributed by atoms with Crippen LogP contribution < -0.4 is 5.73 Å². The summed E-state index contributed by atoms with van der Waals surface area (Å²) in [7, 11) is 0. The van der Waals surface area contributed by atoms with Gasteiger partial charge < -0.3 is 10.6 Å². The summed E-state index contributed by atoms with van der Waals surface area (Å²) in [6.45, 7) is 4.14. The number of aryl methyl sites for hydroxylation is 2. The van der Waals surface area contributed by atoms with Crippen LogP contribution in [0.1, 0.15) is 47.2 Å². The summed E-state index contributed by atoms with van der Waals surface area (Å²) in [5.74, 6) is 0.197. The zero-order chi connectivity index (χ0) is 13.6. The van der Waals surface area contributed by atoms with Gasteiger partial charge in [0.15, 0.2) is 0 Å². The van der Waals surface area contributed by atoms with Crippen LogP contribution in [-0.4, -0.2) is 28.9 Å². The van der Waals surface area contributed by atoms with Crippen LogP contribution in [0.15, 0.2) is 18.2 Å². The number of hydrogen-bond donors (Lipinski definition) is 1. The molecule has 0 aliphatic carbocycles. The highest BCUT2D eigenvalue weighted by atomic mass is 16.2. The van der Waals surface area contributed by atoms with Crippen molar-refractivity contribution in [3.8, 4) is 0 Å². The summed E-state index contributed by atoms with van der Waals surface area (Å²) in [5.41, 5.74) is 9.32. The SMILES string of the molecule is Cc1ccc(C(=O)N2C3CCC2CC(N)C3)cc1C. The molecule has 1 aromatic rings. The molecule has 2 unspecified atom stereocenters. The van der Waals surface area contributed by atoms with E-state index in [-0.39, 0.29) is 11.9 Å². The van der Waals surface area contributed by atoms with E-state index < -0.39 is 0 Å². The van der Waals surface area contributed by atoms with Crippen LogP contribution in [0.5, 0.6) is 0 Å². The lowest BCUT2D eigenvalue weighted by molar-refractivity contribution is 0.0575. The lowest BCUT2D eigenvalue weighted by atomic mass is 9.96. The summed E-state index contributed by atoms with van der Waals surface area (Å²) in [6, 6.07) is 7.02. The molecule has 0 spiro atoms. The van der Waals surface area contributed by atoms with Crippen molar-refractivity contribution in [2.75, 3.05) is 0 Å². The fourth-order valence-corrected chi connectivity index (χ4v) is 3.57. The van der Waals surface area contributed by atoms with Crippen molar-refractivity contribution in [3.05, 3.63) is 34.9 Å². The number of amides is 1. The Kier molecular flexibility index (Phi) is 3.09. The molecule has 2 atom stereocenters. The van der Waals surface area contributed by atoms with Gasteiger partial charge in [-0.25, -0.2) is 0 Å². The third-order valence-electron chi connectivity index (χ3n) is 4.76. The number of carbonyl (C=O) groups excluding carboxylic acids is 1. The van der Waals surface area contributed by atoms with Gasteiger partial charge in [0.05, 0.1) is 0 Å². The molecule has 0 aromatic heterocycles. The molecular weight excluding hydrogens is 236 g/mol. The number of benzene rings is 1. The molecule has 1 aromatic carbocycles. The minimum Gasteiger partial charge on any atom is -0.333 e. The Morgan fingerprint density at radius 1 is 1.16 bits per heavy atom. The van der Waals surface area contributed by atoms with Gasteiger partial charge in [0.1, 0.15) is 0 Å². The first-order valence-electron chi connectivity index (χ1n) is 7.21.